The Morgan fingerprint density at radius 1 is 1.62 bits per heavy atom. The monoisotopic (exact) mass is 178 g/mol. The zero-order valence-electron chi connectivity index (χ0n) is 7.42. The highest BCUT2D eigenvalue weighted by Gasteiger charge is 2.10. The Morgan fingerprint density at radius 3 is 2.85 bits per heavy atom. The summed E-state index contributed by atoms with van der Waals surface area (Å²) in [6.45, 7) is 1.81. The predicted molar refractivity (Wildman–Crippen MR) is 48.3 cm³/mol. The fraction of sp³-hybridized carbons (Fsp3) is 0.300. The third kappa shape index (κ3) is 2.27. The van der Waals surface area contributed by atoms with Gasteiger partial charge in [-0.2, -0.15) is 5.26 Å². The van der Waals surface area contributed by atoms with E-state index in [1.807, 2.05) is 13.0 Å². The number of nitriles is 1. The molecule has 68 valence electrons. The van der Waals surface area contributed by atoms with Gasteiger partial charge in [-0.05, 0) is 18.6 Å². The van der Waals surface area contributed by atoms with Crippen LogP contribution in [0.25, 0.3) is 0 Å². The van der Waals surface area contributed by atoms with E-state index in [9.17, 15) is 4.39 Å². The molecule has 3 heteroatoms. The van der Waals surface area contributed by atoms with Crippen LogP contribution in [0, 0.1) is 24.1 Å². The lowest BCUT2D eigenvalue weighted by atomic mass is 10.0. The second kappa shape index (κ2) is 4.01. The lowest BCUT2D eigenvalue weighted by Gasteiger charge is -2.09. The van der Waals surface area contributed by atoms with Crippen LogP contribution in [-0.4, -0.2) is 0 Å². The van der Waals surface area contributed by atoms with Crippen LogP contribution >= 0.6 is 0 Å². The zero-order chi connectivity index (χ0) is 9.84. The van der Waals surface area contributed by atoms with Crippen LogP contribution in [0.3, 0.4) is 0 Å². The first-order valence-corrected chi connectivity index (χ1v) is 4.03. The largest absolute Gasteiger partial charge is 0.323 e. The van der Waals surface area contributed by atoms with E-state index < -0.39 is 6.04 Å². The molecule has 1 aromatic carbocycles. The molecule has 13 heavy (non-hydrogen) atoms. The summed E-state index contributed by atoms with van der Waals surface area (Å²) in [7, 11) is 0. The Bertz CT molecular complexity index is 341. The van der Waals surface area contributed by atoms with Gasteiger partial charge in [-0.15, -0.1) is 0 Å². The van der Waals surface area contributed by atoms with E-state index in [2.05, 4.69) is 0 Å². The molecule has 0 aliphatic rings. The maximum absolute atomic E-state index is 13.2. The van der Waals surface area contributed by atoms with Crippen molar-refractivity contribution in [1.29, 1.82) is 5.26 Å². The molecule has 0 amide bonds. The summed E-state index contributed by atoms with van der Waals surface area (Å²) >= 11 is 0. The van der Waals surface area contributed by atoms with Crippen LogP contribution in [0.5, 0.6) is 0 Å². The van der Waals surface area contributed by atoms with Crippen molar-refractivity contribution < 1.29 is 4.39 Å². The number of rotatable bonds is 2. The van der Waals surface area contributed by atoms with Crippen LogP contribution in [0.4, 0.5) is 4.39 Å². The minimum Gasteiger partial charge on any atom is -0.323 e. The van der Waals surface area contributed by atoms with E-state index in [-0.39, 0.29) is 12.2 Å². The minimum atomic E-state index is -0.523. The Labute approximate surface area is 76.8 Å². The van der Waals surface area contributed by atoms with Gasteiger partial charge in [0.05, 0.1) is 12.5 Å². The molecule has 2 N–H and O–H groups in total. The third-order valence-electron chi connectivity index (χ3n) is 1.87. The SMILES string of the molecule is Cc1ccc([C@@H](N)CC#N)c(F)c1. The zero-order valence-corrected chi connectivity index (χ0v) is 7.42. The van der Waals surface area contributed by atoms with Crippen molar-refractivity contribution in [3.05, 3.63) is 35.1 Å². The van der Waals surface area contributed by atoms with E-state index in [1.165, 1.54) is 6.07 Å². The van der Waals surface area contributed by atoms with E-state index >= 15 is 0 Å². The van der Waals surface area contributed by atoms with Crippen molar-refractivity contribution in [2.24, 2.45) is 5.73 Å². The molecule has 0 saturated heterocycles. The second-order valence-electron chi connectivity index (χ2n) is 2.99. The molecule has 2 nitrogen and oxygen atoms in total. The molecule has 0 aromatic heterocycles. The minimum absolute atomic E-state index is 0.139. The first kappa shape index (κ1) is 9.69. The van der Waals surface area contributed by atoms with Crippen LogP contribution < -0.4 is 5.73 Å². The summed E-state index contributed by atoms with van der Waals surface area (Å²) in [5, 5.41) is 8.39. The third-order valence-corrected chi connectivity index (χ3v) is 1.87. The number of hydrogen-bond acceptors (Lipinski definition) is 2. The van der Waals surface area contributed by atoms with E-state index in [1.54, 1.807) is 12.1 Å². The molecule has 0 aliphatic heterocycles. The fourth-order valence-corrected chi connectivity index (χ4v) is 1.14. The van der Waals surface area contributed by atoms with Crippen molar-refractivity contribution in [2.45, 2.75) is 19.4 Å². The summed E-state index contributed by atoms with van der Waals surface area (Å²) in [5.74, 6) is -0.331. The number of aryl methyl sites for hydroxylation is 1. The highest BCUT2D eigenvalue weighted by molar-refractivity contribution is 5.26. The van der Waals surface area contributed by atoms with Gasteiger partial charge in [-0.1, -0.05) is 12.1 Å². The van der Waals surface area contributed by atoms with E-state index in [4.69, 9.17) is 11.0 Å². The fourth-order valence-electron chi connectivity index (χ4n) is 1.14. The highest BCUT2D eigenvalue weighted by Crippen LogP contribution is 2.18. The molecule has 0 saturated carbocycles. The normalized spacial score (nSPS) is 12.2. The molecular weight excluding hydrogens is 167 g/mol. The molecule has 0 heterocycles. The van der Waals surface area contributed by atoms with Gasteiger partial charge >= 0.3 is 0 Å². The molecule has 1 aromatic rings. The topological polar surface area (TPSA) is 49.8 Å². The predicted octanol–water partition coefficient (Wildman–Crippen LogP) is 2.05. The van der Waals surface area contributed by atoms with Gasteiger partial charge in [-0.25, -0.2) is 4.39 Å². The summed E-state index contributed by atoms with van der Waals surface area (Å²) in [6, 6.07) is 6.24. The number of halogens is 1. The summed E-state index contributed by atoms with van der Waals surface area (Å²) in [4.78, 5) is 0. The summed E-state index contributed by atoms with van der Waals surface area (Å²) in [5.41, 5.74) is 6.86. The number of nitrogens with zero attached hydrogens (tertiary/aromatic N) is 1. The van der Waals surface area contributed by atoms with Gasteiger partial charge in [0, 0.05) is 11.6 Å². The van der Waals surface area contributed by atoms with Gasteiger partial charge in [0.2, 0.25) is 0 Å². The van der Waals surface area contributed by atoms with Gasteiger partial charge in [0.25, 0.3) is 0 Å². The Kier molecular flexibility index (Phi) is 2.99. The maximum Gasteiger partial charge on any atom is 0.128 e. The number of hydrogen-bond donors (Lipinski definition) is 1. The van der Waals surface area contributed by atoms with Crippen molar-refractivity contribution >= 4 is 0 Å². The highest BCUT2D eigenvalue weighted by atomic mass is 19.1. The summed E-state index contributed by atoms with van der Waals surface area (Å²) in [6.07, 6.45) is 0.139. The molecular formula is C10H11FN2. The second-order valence-corrected chi connectivity index (χ2v) is 2.99. The smallest absolute Gasteiger partial charge is 0.128 e. The molecule has 1 atom stereocenters. The van der Waals surface area contributed by atoms with Crippen molar-refractivity contribution in [3.63, 3.8) is 0 Å². The Morgan fingerprint density at radius 2 is 2.31 bits per heavy atom. The molecule has 0 bridgehead atoms. The van der Waals surface area contributed by atoms with E-state index in [0.29, 0.717) is 5.56 Å². The van der Waals surface area contributed by atoms with Gasteiger partial charge in [0.15, 0.2) is 0 Å². The van der Waals surface area contributed by atoms with E-state index in [0.717, 1.165) is 5.56 Å². The molecule has 0 fully saturated rings. The lowest BCUT2D eigenvalue weighted by Crippen LogP contribution is -2.11. The van der Waals surface area contributed by atoms with Gasteiger partial charge < -0.3 is 5.73 Å². The van der Waals surface area contributed by atoms with Crippen LogP contribution in [0.2, 0.25) is 0 Å². The maximum atomic E-state index is 13.2. The van der Waals surface area contributed by atoms with Crippen LogP contribution in [0.1, 0.15) is 23.6 Å². The van der Waals surface area contributed by atoms with Gasteiger partial charge in [0.1, 0.15) is 5.82 Å². The van der Waals surface area contributed by atoms with Crippen molar-refractivity contribution in [1.82, 2.24) is 0 Å². The average Bonchev–Trinajstić information content (AvgIpc) is 2.04. The molecule has 0 radical (unpaired) electrons. The summed E-state index contributed by atoms with van der Waals surface area (Å²) < 4.78 is 13.2. The van der Waals surface area contributed by atoms with Crippen molar-refractivity contribution in [3.8, 4) is 6.07 Å². The first-order chi connectivity index (χ1) is 6.15. The molecule has 0 spiro atoms. The molecule has 0 unspecified atom stereocenters. The standard InChI is InChI=1S/C10H11FN2/c1-7-2-3-8(9(11)6-7)10(13)4-5-12/h2-3,6,10H,4,13H2,1H3/t10-/m0/s1. The molecule has 1 rings (SSSR count). The molecule has 0 aliphatic carbocycles. The lowest BCUT2D eigenvalue weighted by molar-refractivity contribution is 0.584. The van der Waals surface area contributed by atoms with Crippen LogP contribution in [0.15, 0.2) is 18.2 Å². The van der Waals surface area contributed by atoms with Crippen molar-refractivity contribution in [2.75, 3.05) is 0 Å². The first-order valence-electron chi connectivity index (χ1n) is 4.03. The Hall–Kier alpha value is -1.40. The van der Waals surface area contributed by atoms with Crippen LogP contribution in [-0.2, 0) is 0 Å². The quantitative estimate of drug-likeness (QED) is 0.753. The number of benzene rings is 1. The Balaban J connectivity index is 2.96. The van der Waals surface area contributed by atoms with Gasteiger partial charge in [-0.3, -0.25) is 0 Å². The number of nitrogens with two attached hydrogens (primary N) is 1. The average molecular weight is 178 g/mol.